The van der Waals surface area contributed by atoms with Gasteiger partial charge in [-0.2, -0.15) is 0 Å². The number of aromatic nitrogens is 4. The topological polar surface area (TPSA) is 51.6 Å². The third-order valence-electron chi connectivity index (χ3n) is 17.8. The molecule has 0 unspecified atom stereocenters. The highest BCUT2D eigenvalue weighted by Crippen LogP contribution is 2.34. The highest BCUT2D eigenvalue weighted by atomic mass is 14.8. The van der Waals surface area contributed by atoms with Crippen LogP contribution in [0.1, 0.15) is 122 Å². The zero-order valence-corrected chi connectivity index (χ0v) is 61.6. The number of hydrogen-bond acceptors (Lipinski definition) is 4. The summed E-state index contributed by atoms with van der Waals surface area (Å²) in [6.07, 6.45) is 7.52. The summed E-state index contributed by atoms with van der Waals surface area (Å²) in [6.45, 7) is 47.0. The van der Waals surface area contributed by atoms with Crippen molar-refractivity contribution in [2.24, 2.45) is 0 Å². The maximum atomic E-state index is 4.42. The Bertz CT molecular complexity index is 4260. The summed E-state index contributed by atoms with van der Waals surface area (Å²) in [4.78, 5) is 17.5. The summed E-state index contributed by atoms with van der Waals surface area (Å²) in [5, 5.41) is 5.41. The van der Waals surface area contributed by atoms with Crippen LogP contribution in [0, 0.1) is 152 Å². The fourth-order valence-corrected chi connectivity index (χ4v) is 11.6. The first-order chi connectivity index (χ1) is 45.6. The van der Waals surface area contributed by atoms with E-state index in [1.165, 1.54) is 166 Å². The van der Waals surface area contributed by atoms with E-state index in [-0.39, 0.29) is 0 Å². The number of fused-ring (bicyclic) bond motifs is 2. The fourth-order valence-electron chi connectivity index (χ4n) is 11.6. The third-order valence-corrected chi connectivity index (χ3v) is 17.8. The first-order valence-corrected chi connectivity index (χ1v) is 33.6. The van der Waals surface area contributed by atoms with Gasteiger partial charge in [-0.05, 0) is 309 Å². The van der Waals surface area contributed by atoms with Crippen LogP contribution < -0.4 is 0 Å². The molecule has 0 saturated heterocycles. The van der Waals surface area contributed by atoms with Crippen LogP contribution in [-0.4, -0.2) is 19.9 Å². The van der Waals surface area contributed by atoms with Crippen LogP contribution in [-0.2, 0) is 0 Å². The molecule has 4 heteroatoms. The number of benzene rings is 9. The second-order valence-electron chi connectivity index (χ2n) is 26.6. The van der Waals surface area contributed by atoms with Gasteiger partial charge in [0, 0.05) is 24.8 Å². The second kappa shape index (κ2) is 34.5. The molecular formula is C92H102N4. The minimum absolute atomic E-state index is 0.926. The number of aryl methyl sites for hydroxylation is 22. The molecule has 0 N–H and O–H groups in total. The molecule has 0 radical (unpaired) electrons. The molecule has 0 aliphatic carbocycles. The minimum Gasteiger partial charge on any atom is -0.254 e. The molecule has 13 rings (SSSR count). The van der Waals surface area contributed by atoms with Gasteiger partial charge in [0.25, 0.3) is 0 Å². The first kappa shape index (κ1) is 73.5. The van der Waals surface area contributed by atoms with Gasteiger partial charge in [0.05, 0.1) is 22.8 Å². The lowest BCUT2D eigenvalue weighted by Gasteiger charge is -2.17. The van der Waals surface area contributed by atoms with E-state index in [0.29, 0.717) is 0 Å². The van der Waals surface area contributed by atoms with Crippen LogP contribution in [0.15, 0.2) is 219 Å². The molecule has 0 atom stereocenters. The number of hydrogen-bond donors (Lipinski definition) is 0. The normalized spacial score (nSPS) is 10.4. The van der Waals surface area contributed by atoms with Crippen LogP contribution >= 0.6 is 0 Å². The molecule has 0 fully saturated rings. The van der Waals surface area contributed by atoms with Gasteiger partial charge in [0.2, 0.25) is 0 Å². The first-order valence-electron chi connectivity index (χ1n) is 33.6. The van der Waals surface area contributed by atoms with Gasteiger partial charge in [-0.1, -0.05) is 203 Å². The Hall–Kier alpha value is -9.90. The summed E-state index contributed by atoms with van der Waals surface area (Å²) in [7, 11) is 0. The fraction of sp³-hybridized carbons (Fsp3) is 0.239. The zero-order valence-electron chi connectivity index (χ0n) is 61.6. The van der Waals surface area contributed by atoms with E-state index < -0.39 is 0 Å². The molecule has 0 amide bonds. The highest BCUT2D eigenvalue weighted by Gasteiger charge is 2.13. The van der Waals surface area contributed by atoms with Crippen LogP contribution in [0.3, 0.4) is 0 Å². The van der Waals surface area contributed by atoms with Crippen LogP contribution in [0.25, 0.3) is 66.6 Å². The Morgan fingerprint density at radius 3 is 0.771 bits per heavy atom. The van der Waals surface area contributed by atoms with Crippen molar-refractivity contribution in [3.63, 3.8) is 0 Å². The van der Waals surface area contributed by atoms with Gasteiger partial charge in [0.15, 0.2) is 0 Å². The van der Waals surface area contributed by atoms with E-state index in [2.05, 4.69) is 328 Å². The van der Waals surface area contributed by atoms with Crippen LogP contribution in [0.2, 0.25) is 0 Å². The zero-order chi connectivity index (χ0) is 69.9. The van der Waals surface area contributed by atoms with Gasteiger partial charge >= 0.3 is 0 Å². The van der Waals surface area contributed by atoms with Crippen LogP contribution in [0.5, 0.6) is 0 Å². The third kappa shape index (κ3) is 21.1. The maximum Gasteiger partial charge on any atom is 0.0889 e. The van der Waals surface area contributed by atoms with Crippen molar-refractivity contribution < 1.29 is 0 Å². The predicted octanol–water partition coefficient (Wildman–Crippen LogP) is 25.1. The van der Waals surface area contributed by atoms with Crippen molar-refractivity contribution in [2.45, 2.75) is 152 Å². The average Bonchev–Trinajstić information content (AvgIpc) is 0.789. The molecular weight excluding hydrogens is 1160 g/mol. The number of nitrogens with zero attached hydrogens (tertiary/aromatic N) is 4. The van der Waals surface area contributed by atoms with Crippen LogP contribution in [0.4, 0.5) is 0 Å². The SMILES string of the molecule is Cc1cc(C)c(-c2c(C)cc(C)cc2C)c(C)c1.Cc1cc(C)c(C)cc1C.Cc1ccc(-c2ccc(C)cc2)cc1.Cc1ccc(-c2ccc(C)cn2)nc1.Cc1ccc2cc(C)ccc2c1.Cc1cccc2c(C)cccc12.Cc1cnc(-c2cc(C)c(C)cn2)cc1C. The van der Waals surface area contributed by atoms with Gasteiger partial charge in [-0.3, -0.25) is 19.9 Å². The second-order valence-corrected chi connectivity index (χ2v) is 26.6. The van der Waals surface area contributed by atoms with Gasteiger partial charge < -0.3 is 0 Å². The van der Waals surface area contributed by atoms with Crippen molar-refractivity contribution in [3.05, 3.63) is 341 Å². The van der Waals surface area contributed by atoms with E-state index in [9.17, 15) is 0 Å². The molecule has 0 aliphatic rings. The van der Waals surface area contributed by atoms with Crippen molar-refractivity contribution in [1.82, 2.24) is 19.9 Å². The Labute approximate surface area is 576 Å². The summed E-state index contributed by atoms with van der Waals surface area (Å²) in [6, 6.07) is 69.1. The maximum absolute atomic E-state index is 4.42. The molecule has 4 heterocycles. The molecule has 13 aromatic rings. The Balaban J connectivity index is 0.000000159. The molecule has 4 nitrogen and oxygen atoms in total. The van der Waals surface area contributed by atoms with E-state index in [0.717, 1.165) is 22.8 Å². The Kier molecular flexibility index (Phi) is 26.4. The van der Waals surface area contributed by atoms with Gasteiger partial charge in [-0.25, -0.2) is 0 Å². The molecule has 0 aliphatic heterocycles. The monoisotopic (exact) mass is 1260 g/mol. The van der Waals surface area contributed by atoms with E-state index in [4.69, 9.17) is 0 Å². The van der Waals surface area contributed by atoms with E-state index in [1.807, 2.05) is 62.9 Å². The smallest absolute Gasteiger partial charge is 0.0889 e. The highest BCUT2D eigenvalue weighted by molar-refractivity contribution is 5.88. The summed E-state index contributed by atoms with van der Waals surface area (Å²) in [5.41, 5.74) is 38.2. The van der Waals surface area contributed by atoms with Gasteiger partial charge in [0.1, 0.15) is 0 Å². The predicted molar refractivity (Wildman–Crippen MR) is 417 cm³/mol. The number of rotatable bonds is 4. The Morgan fingerprint density at radius 2 is 0.469 bits per heavy atom. The average molecular weight is 1260 g/mol. The molecule has 0 spiro atoms. The van der Waals surface area contributed by atoms with Crippen molar-refractivity contribution in [3.8, 4) is 45.0 Å². The quantitative estimate of drug-likeness (QED) is 0.176. The Morgan fingerprint density at radius 1 is 0.177 bits per heavy atom. The largest absolute Gasteiger partial charge is 0.254 e. The molecule has 490 valence electrons. The summed E-state index contributed by atoms with van der Waals surface area (Å²) < 4.78 is 0. The van der Waals surface area contributed by atoms with E-state index in [1.54, 1.807) is 0 Å². The van der Waals surface area contributed by atoms with Crippen molar-refractivity contribution >= 4 is 21.5 Å². The lowest BCUT2D eigenvalue weighted by Crippen LogP contribution is -1.96. The standard InChI is InChI=1S/C18H22.C14H16N2.C14H14.C12H12N2.2C12H12.C10H14/c1-11-7-13(3)17(14(4)8-11)18-15(5)9-12(2)10-16(18)6;1-9-5-13(15-7-11(9)3)14-6-10(2)12(4)8-16-14;1-11-3-7-13(8-4-11)14-9-5-12(2)6-10-14;1-9-3-5-11(13-7-9)12-6-4-10(2)8-14-12;1-9-3-5-12-8-10(2)4-6-11(12)7-9;1-9-5-3-8-12-10(2)6-4-7-11(9)12;1-7-5-9(3)10(4)6-8(7)2/h7-10H,1-6H3;5-8H,1-4H3;3-10H,1-2H3;3-8H,1-2H3;2*3-8H,1-2H3;5-6H,1-4H3. The van der Waals surface area contributed by atoms with Crippen molar-refractivity contribution in [1.29, 1.82) is 0 Å². The molecule has 9 aromatic carbocycles. The molecule has 0 bridgehead atoms. The molecule has 96 heavy (non-hydrogen) atoms. The summed E-state index contributed by atoms with van der Waals surface area (Å²) >= 11 is 0. The minimum atomic E-state index is 0.926. The summed E-state index contributed by atoms with van der Waals surface area (Å²) in [5.74, 6) is 0. The number of pyridine rings is 4. The molecule has 4 aromatic heterocycles. The lowest BCUT2D eigenvalue weighted by molar-refractivity contribution is 1.16. The molecule has 0 saturated carbocycles. The van der Waals surface area contributed by atoms with Crippen molar-refractivity contribution in [2.75, 3.05) is 0 Å². The lowest BCUT2D eigenvalue weighted by atomic mass is 9.87. The van der Waals surface area contributed by atoms with E-state index >= 15 is 0 Å². The van der Waals surface area contributed by atoms with Gasteiger partial charge in [-0.15, -0.1) is 0 Å².